The van der Waals surface area contributed by atoms with Crippen LogP contribution in [0.4, 0.5) is 0 Å². The van der Waals surface area contributed by atoms with Crippen LogP contribution in [0.3, 0.4) is 0 Å². The van der Waals surface area contributed by atoms with Gasteiger partial charge in [0.1, 0.15) is 0 Å². The summed E-state index contributed by atoms with van der Waals surface area (Å²) >= 11 is 1.31. The van der Waals surface area contributed by atoms with Crippen molar-refractivity contribution in [2.45, 2.75) is 0 Å². The molecule has 0 radical (unpaired) electrons. The van der Waals surface area contributed by atoms with Gasteiger partial charge in [-0.15, -0.1) is 0 Å². The van der Waals surface area contributed by atoms with Crippen LogP contribution in [0.2, 0.25) is 0 Å². The zero-order valence-corrected chi connectivity index (χ0v) is 5.34. The summed E-state index contributed by atoms with van der Waals surface area (Å²) in [5.41, 5.74) is 0. The zero-order chi connectivity index (χ0) is 6.69. The highest BCUT2D eigenvalue weighted by atomic mass is 32.1. The second-order valence-corrected chi connectivity index (χ2v) is 2.47. The predicted octanol–water partition coefficient (Wildman–Crippen LogP) is 0.202. The van der Waals surface area contributed by atoms with Crippen LogP contribution in [-0.2, 0) is 0 Å². The number of nitroso groups, excluding NO2 is 1. The van der Waals surface area contributed by atoms with Crippen molar-refractivity contribution in [3.63, 3.8) is 0 Å². The third-order valence-electron chi connectivity index (χ3n) is 0.898. The van der Waals surface area contributed by atoms with E-state index in [9.17, 15) is 4.91 Å². The van der Waals surface area contributed by atoms with Crippen molar-refractivity contribution < 1.29 is 5.02 Å². The Morgan fingerprint density at radius 1 is 1.78 bits per heavy atom. The van der Waals surface area contributed by atoms with Crippen molar-refractivity contribution in [2.24, 2.45) is 5.09 Å². The molecule has 0 aliphatic rings. The van der Waals surface area contributed by atoms with Crippen LogP contribution in [-0.4, -0.2) is 12.1 Å². The molecule has 46 valence electrons. The largest absolute Gasteiger partial charge is 0.527 e. The fourth-order valence-electron chi connectivity index (χ4n) is 0.490. The van der Waals surface area contributed by atoms with Gasteiger partial charge in [-0.2, -0.15) is 16.2 Å². The third-order valence-corrected chi connectivity index (χ3v) is 1.81. The minimum atomic E-state index is -1.18. The topological polar surface area (TPSA) is 49.7 Å². The van der Waals surface area contributed by atoms with Crippen LogP contribution < -0.4 is 4.78 Å². The molecule has 0 aliphatic heterocycles. The van der Waals surface area contributed by atoms with E-state index >= 15 is 0 Å². The summed E-state index contributed by atoms with van der Waals surface area (Å²) in [6, 6.07) is 3.42. The highest BCUT2D eigenvalue weighted by Gasteiger charge is 2.15. The first kappa shape index (κ1) is 6.45. The van der Waals surface area contributed by atoms with Crippen LogP contribution in [0, 0.1) is 4.91 Å². The smallest absolute Gasteiger partial charge is 0.425 e. The average Bonchev–Trinajstić information content (AvgIpc) is 2.37. The molecular weight excluding hydrogens is 137 g/mol. The maximum Gasteiger partial charge on any atom is 0.527 e. The van der Waals surface area contributed by atoms with Gasteiger partial charge in [-0.05, 0) is 5.38 Å². The van der Waals surface area contributed by atoms with Gasteiger partial charge in [0.05, 0.1) is 0 Å². The number of thiophene rings is 1. The predicted molar refractivity (Wildman–Crippen MR) is 37.7 cm³/mol. The van der Waals surface area contributed by atoms with Crippen LogP contribution in [0.15, 0.2) is 22.6 Å². The molecule has 9 heavy (non-hydrogen) atoms. The van der Waals surface area contributed by atoms with Gasteiger partial charge < -0.3 is 5.02 Å². The minimum Gasteiger partial charge on any atom is -0.425 e. The Hall–Kier alpha value is -0.675. The van der Waals surface area contributed by atoms with Crippen LogP contribution >= 0.6 is 11.3 Å². The van der Waals surface area contributed by atoms with E-state index < -0.39 is 7.05 Å². The molecule has 0 unspecified atom stereocenters. The second kappa shape index (κ2) is 2.75. The molecule has 1 aromatic heterocycles. The van der Waals surface area contributed by atoms with E-state index in [4.69, 9.17) is 5.02 Å². The van der Waals surface area contributed by atoms with E-state index in [-0.39, 0.29) is 0 Å². The molecule has 1 heterocycles. The van der Waals surface area contributed by atoms with Crippen molar-refractivity contribution >= 4 is 23.2 Å². The lowest BCUT2D eigenvalue weighted by molar-refractivity contribution is 0.588. The van der Waals surface area contributed by atoms with E-state index in [0.29, 0.717) is 4.78 Å². The first-order valence-electron chi connectivity index (χ1n) is 2.38. The first-order chi connectivity index (χ1) is 4.34. The van der Waals surface area contributed by atoms with E-state index in [1.165, 1.54) is 11.3 Å². The number of hydrogen-bond acceptors (Lipinski definition) is 4. The van der Waals surface area contributed by atoms with Crippen molar-refractivity contribution in [3.05, 3.63) is 22.4 Å². The fourth-order valence-corrected chi connectivity index (χ4v) is 1.13. The molecule has 5 heteroatoms. The molecule has 0 amide bonds. The summed E-state index contributed by atoms with van der Waals surface area (Å²) in [6.45, 7) is 0. The monoisotopic (exact) mass is 141 g/mol. The minimum absolute atomic E-state index is 0.588. The zero-order valence-electron chi connectivity index (χ0n) is 4.52. The summed E-state index contributed by atoms with van der Waals surface area (Å²) in [6.07, 6.45) is 0. The first-order valence-corrected chi connectivity index (χ1v) is 3.26. The summed E-state index contributed by atoms with van der Waals surface area (Å²) in [5, 5.41) is 13.0. The van der Waals surface area contributed by atoms with Crippen LogP contribution in [0.5, 0.6) is 0 Å². The fraction of sp³-hybridized carbons (Fsp3) is 0. The molecule has 0 spiro atoms. The van der Waals surface area contributed by atoms with Gasteiger partial charge in [0.25, 0.3) is 0 Å². The Morgan fingerprint density at radius 3 is 3.00 bits per heavy atom. The van der Waals surface area contributed by atoms with Gasteiger partial charge in [0, 0.05) is 4.78 Å². The molecule has 0 saturated carbocycles. The van der Waals surface area contributed by atoms with E-state index in [1.54, 1.807) is 17.5 Å². The Bertz CT molecular complexity index is 188. The molecule has 0 aliphatic carbocycles. The Kier molecular flexibility index (Phi) is 1.97. The average molecular weight is 141 g/mol. The molecule has 0 aromatic carbocycles. The molecule has 3 nitrogen and oxygen atoms in total. The lowest BCUT2D eigenvalue weighted by atomic mass is 9.84. The molecule has 0 fully saturated rings. The molecule has 1 N–H and O–H groups in total. The van der Waals surface area contributed by atoms with E-state index in [2.05, 4.69) is 5.09 Å². The summed E-state index contributed by atoms with van der Waals surface area (Å²) in [5.74, 6) is 0. The van der Waals surface area contributed by atoms with Gasteiger partial charge in [-0.1, -0.05) is 17.2 Å². The molecule has 0 atom stereocenters. The molecule has 0 bridgehead atoms. The molecular formula is C4H4BNO2S. The quantitative estimate of drug-likeness (QED) is 0.472. The van der Waals surface area contributed by atoms with Crippen molar-refractivity contribution in [1.82, 2.24) is 0 Å². The highest BCUT2D eigenvalue weighted by molar-refractivity contribution is 7.21. The van der Waals surface area contributed by atoms with Crippen molar-refractivity contribution in [3.8, 4) is 0 Å². The number of hydrogen-bond donors (Lipinski definition) is 1. The van der Waals surface area contributed by atoms with Gasteiger partial charge in [0.15, 0.2) is 0 Å². The number of nitrogens with zero attached hydrogens (tertiary/aromatic N) is 1. The van der Waals surface area contributed by atoms with Gasteiger partial charge >= 0.3 is 7.05 Å². The normalized spacial score (nSPS) is 9.00. The SMILES string of the molecule is O=NB(O)c1cccs1. The third kappa shape index (κ3) is 1.37. The Morgan fingerprint density at radius 2 is 2.56 bits per heavy atom. The van der Waals surface area contributed by atoms with Gasteiger partial charge in [-0.3, -0.25) is 0 Å². The van der Waals surface area contributed by atoms with E-state index in [1.807, 2.05) is 0 Å². The molecule has 0 saturated heterocycles. The van der Waals surface area contributed by atoms with Crippen molar-refractivity contribution in [2.75, 3.05) is 0 Å². The van der Waals surface area contributed by atoms with Gasteiger partial charge in [0.2, 0.25) is 0 Å². The summed E-state index contributed by atoms with van der Waals surface area (Å²) in [7, 11) is -1.18. The Balaban J connectivity index is 2.76. The van der Waals surface area contributed by atoms with E-state index in [0.717, 1.165) is 0 Å². The summed E-state index contributed by atoms with van der Waals surface area (Å²) in [4.78, 5) is 9.71. The second-order valence-electron chi connectivity index (χ2n) is 1.49. The lowest BCUT2D eigenvalue weighted by Gasteiger charge is -1.85. The van der Waals surface area contributed by atoms with Gasteiger partial charge in [-0.25, -0.2) is 0 Å². The maximum atomic E-state index is 9.71. The Labute approximate surface area is 56.4 Å². The highest BCUT2D eigenvalue weighted by Crippen LogP contribution is 1.94. The van der Waals surface area contributed by atoms with Crippen molar-refractivity contribution in [1.29, 1.82) is 0 Å². The molecule has 1 rings (SSSR count). The van der Waals surface area contributed by atoms with Crippen LogP contribution in [0.25, 0.3) is 0 Å². The maximum absolute atomic E-state index is 9.71. The standard InChI is InChI=1S/C4H4BNO2S/c7-5(6-8)4-2-1-3-9-4/h1-3,7H. The number of rotatable bonds is 2. The lowest BCUT2D eigenvalue weighted by Crippen LogP contribution is -2.23. The summed E-state index contributed by atoms with van der Waals surface area (Å²) < 4.78 is 0.588. The molecule has 1 aromatic rings. The van der Waals surface area contributed by atoms with Crippen LogP contribution in [0.1, 0.15) is 0 Å².